The summed E-state index contributed by atoms with van der Waals surface area (Å²) < 4.78 is 26.9. The number of nitrogens with one attached hydrogen (secondary N) is 1. The van der Waals surface area contributed by atoms with Gasteiger partial charge >= 0.3 is 0 Å². The molecule has 0 aromatic rings. The number of rotatable bonds is 9. The first-order valence-corrected chi connectivity index (χ1v) is 8.74. The third kappa shape index (κ3) is 3.93. The lowest BCUT2D eigenvalue weighted by Crippen LogP contribution is -2.43. The Kier molecular flexibility index (Phi) is 4.67. The fourth-order valence-electron chi connectivity index (χ4n) is 2.17. The molecule has 2 fully saturated rings. The van der Waals surface area contributed by atoms with Gasteiger partial charge in [0.15, 0.2) is 0 Å². The average molecular weight is 274 g/mol. The summed E-state index contributed by atoms with van der Waals surface area (Å²) in [6.07, 6.45) is 4.83. The van der Waals surface area contributed by atoms with E-state index in [9.17, 15) is 8.42 Å². The van der Waals surface area contributed by atoms with Gasteiger partial charge in [0.1, 0.15) is 0 Å². The van der Waals surface area contributed by atoms with E-state index >= 15 is 0 Å². The van der Waals surface area contributed by atoms with Crippen molar-refractivity contribution in [3.05, 3.63) is 0 Å². The van der Waals surface area contributed by atoms with Gasteiger partial charge in [0, 0.05) is 19.6 Å². The lowest BCUT2D eigenvalue weighted by molar-refractivity contribution is 0.376. The first-order chi connectivity index (χ1) is 8.54. The van der Waals surface area contributed by atoms with E-state index in [-0.39, 0.29) is 5.25 Å². The van der Waals surface area contributed by atoms with E-state index in [1.54, 1.807) is 4.31 Å². The molecular weight excluding hydrogens is 248 g/mol. The monoisotopic (exact) mass is 274 g/mol. The van der Waals surface area contributed by atoms with Crippen LogP contribution in [0.15, 0.2) is 0 Å². The number of hydrogen-bond donors (Lipinski definition) is 1. The Morgan fingerprint density at radius 3 is 2.06 bits per heavy atom. The summed E-state index contributed by atoms with van der Waals surface area (Å²) in [4.78, 5) is 0. The molecule has 2 saturated carbocycles. The molecule has 0 aliphatic heterocycles. The predicted molar refractivity (Wildman–Crippen MR) is 73.9 cm³/mol. The molecular formula is C13H26N2O2S. The maximum atomic E-state index is 12.5. The second kappa shape index (κ2) is 5.88. The molecule has 0 spiro atoms. The first kappa shape index (κ1) is 14.3. The Balaban J connectivity index is 1.96. The Hall–Kier alpha value is -0.130. The maximum Gasteiger partial charge on any atom is 0.217 e. The topological polar surface area (TPSA) is 49.4 Å². The Morgan fingerprint density at radius 1 is 1.17 bits per heavy atom. The lowest BCUT2D eigenvalue weighted by atomic mass is 10.4. The highest BCUT2D eigenvalue weighted by Gasteiger charge is 2.37. The van der Waals surface area contributed by atoms with Crippen molar-refractivity contribution in [3.8, 4) is 0 Å². The molecule has 1 unspecified atom stereocenters. The molecule has 106 valence electrons. The van der Waals surface area contributed by atoms with Gasteiger partial charge in [-0.05, 0) is 51.0 Å². The average Bonchev–Trinajstić information content (AvgIpc) is 3.18. The van der Waals surface area contributed by atoms with Crippen LogP contribution in [0.4, 0.5) is 0 Å². The van der Waals surface area contributed by atoms with E-state index in [1.807, 2.05) is 13.8 Å². The third-order valence-electron chi connectivity index (χ3n) is 3.87. The standard InChI is InChI=1S/C13H26N2O2S/c1-3-14-8-11(2)18(16,17)15(9-12-4-5-12)10-13-6-7-13/h11-14H,3-10H2,1-2H3. The predicted octanol–water partition coefficient (Wildman–Crippen LogP) is 1.44. The third-order valence-corrected chi connectivity index (χ3v) is 6.07. The highest BCUT2D eigenvalue weighted by Crippen LogP contribution is 2.35. The van der Waals surface area contributed by atoms with E-state index in [4.69, 9.17) is 0 Å². The molecule has 0 amide bonds. The van der Waals surface area contributed by atoms with Crippen molar-refractivity contribution in [2.75, 3.05) is 26.2 Å². The molecule has 1 atom stereocenters. The molecule has 0 saturated heterocycles. The van der Waals surface area contributed by atoms with E-state index < -0.39 is 10.0 Å². The second-order valence-electron chi connectivity index (χ2n) is 5.87. The van der Waals surface area contributed by atoms with E-state index in [2.05, 4.69) is 5.32 Å². The van der Waals surface area contributed by atoms with E-state index in [1.165, 1.54) is 25.7 Å². The number of sulfonamides is 1. The highest BCUT2D eigenvalue weighted by molar-refractivity contribution is 7.89. The summed E-state index contributed by atoms with van der Waals surface area (Å²) in [5.74, 6) is 1.26. The molecule has 0 aromatic heterocycles. The van der Waals surface area contributed by atoms with Gasteiger partial charge in [-0.25, -0.2) is 12.7 Å². The minimum Gasteiger partial charge on any atom is -0.316 e. The lowest BCUT2D eigenvalue weighted by Gasteiger charge is -2.26. The fourth-order valence-corrected chi connectivity index (χ4v) is 3.84. The second-order valence-corrected chi connectivity index (χ2v) is 8.22. The van der Waals surface area contributed by atoms with Gasteiger partial charge in [0.2, 0.25) is 10.0 Å². The van der Waals surface area contributed by atoms with Crippen molar-refractivity contribution in [1.82, 2.24) is 9.62 Å². The minimum absolute atomic E-state index is 0.310. The van der Waals surface area contributed by atoms with Crippen LogP contribution < -0.4 is 5.32 Å². The van der Waals surface area contributed by atoms with Crippen LogP contribution >= 0.6 is 0 Å². The molecule has 4 nitrogen and oxygen atoms in total. The van der Waals surface area contributed by atoms with Gasteiger partial charge in [-0.2, -0.15) is 0 Å². The van der Waals surface area contributed by atoms with Gasteiger partial charge < -0.3 is 5.32 Å². The van der Waals surface area contributed by atoms with Crippen LogP contribution in [0.2, 0.25) is 0 Å². The van der Waals surface area contributed by atoms with Crippen LogP contribution in [-0.2, 0) is 10.0 Å². The smallest absolute Gasteiger partial charge is 0.217 e. The molecule has 0 bridgehead atoms. The van der Waals surface area contributed by atoms with Crippen molar-refractivity contribution in [2.24, 2.45) is 11.8 Å². The van der Waals surface area contributed by atoms with E-state index in [0.29, 0.717) is 18.4 Å². The van der Waals surface area contributed by atoms with E-state index in [0.717, 1.165) is 19.6 Å². The molecule has 1 N–H and O–H groups in total. The highest BCUT2D eigenvalue weighted by atomic mass is 32.2. The normalized spacial score (nSPS) is 22.4. The summed E-state index contributed by atoms with van der Waals surface area (Å²) >= 11 is 0. The molecule has 0 heterocycles. The largest absolute Gasteiger partial charge is 0.316 e. The molecule has 18 heavy (non-hydrogen) atoms. The fraction of sp³-hybridized carbons (Fsp3) is 1.00. The van der Waals surface area contributed by atoms with Crippen molar-refractivity contribution in [2.45, 2.75) is 44.8 Å². The van der Waals surface area contributed by atoms with Gasteiger partial charge in [-0.3, -0.25) is 0 Å². The zero-order valence-electron chi connectivity index (χ0n) is 11.6. The van der Waals surface area contributed by atoms with Crippen molar-refractivity contribution in [1.29, 1.82) is 0 Å². The first-order valence-electron chi connectivity index (χ1n) is 7.23. The number of nitrogens with zero attached hydrogens (tertiary/aromatic N) is 1. The summed E-state index contributed by atoms with van der Waals surface area (Å²) in [7, 11) is -3.11. The Labute approximate surface area is 111 Å². The molecule has 2 aliphatic carbocycles. The molecule has 2 rings (SSSR count). The molecule has 0 aromatic carbocycles. The van der Waals surface area contributed by atoms with Gasteiger partial charge in [0.25, 0.3) is 0 Å². The Morgan fingerprint density at radius 2 is 1.67 bits per heavy atom. The van der Waals surface area contributed by atoms with Crippen molar-refractivity contribution in [3.63, 3.8) is 0 Å². The van der Waals surface area contributed by atoms with Gasteiger partial charge in [-0.1, -0.05) is 6.92 Å². The van der Waals surface area contributed by atoms with Crippen LogP contribution in [0.3, 0.4) is 0 Å². The van der Waals surface area contributed by atoms with Crippen LogP contribution in [0.5, 0.6) is 0 Å². The maximum absolute atomic E-state index is 12.5. The number of hydrogen-bond acceptors (Lipinski definition) is 3. The van der Waals surface area contributed by atoms with Crippen molar-refractivity contribution >= 4 is 10.0 Å². The Bertz CT molecular complexity index is 347. The van der Waals surface area contributed by atoms with Crippen molar-refractivity contribution < 1.29 is 8.42 Å². The van der Waals surface area contributed by atoms with Gasteiger partial charge in [0.05, 0.1) is 5.25 Å². The van der Waals surface area contributed by atoms with Crippen LogP contribution in [0, 0.1) is 11.8 Å². The summed E-state index contributed by atoms with van der Waals surface area (Å²) in [6.45, 7) is 6.73. The summed E-state index contributed by atoms with van der Waals surface area (Å²) in [5, 5.41) is 2.83. The zero-order chi connectivity index (χ0) is 13.2. The summed E-state index contributed by atoms with van der Waals surface area (Å²) in [6, 6.07) is 0. The molecule has 2 aliphatic rings. The molecule has 5 heteroatoms. The minimum atomic E-state index is -3.11. The zero-order valence-corrected chi connectivity index (χ0v) is 12.4. The quantitative estimate of drug-likeness (QED) is 0.692. The van der Waals surface area contributed by atoms with Crippen LogP contribution in [0.1, 0.15) is 39.5 Å². The van der Waals surface area contributed by atoms with Crippen LogP contribution in [-0.4, -0.2) is 44.2 Å². The summed E-state index contributed by atoms with van der Waals surface area (Å²) in [5.41, 5.74) is 0. The molecule has 0 radical (unpaired) electrons. The SMILES string of the molecule is CCNCC(C)S(=O)(=O)N(CC1CC1)CC1CC1. The van der Waals surface area contributed by atoms with Crippen LogP contribution in [0.25, 0.3) is 0 Å². The van der Waals surface area contributed by atoms with Gasteiger partial charge in [-0.15, -0.1) is 0 Å².